The Morgan fingerprint density at radius 2 is 1.77 bits per heavy atom. The lowest BCUT2D eigenvalue weighted by molar-refractivity contribution is -0.122. The first-order chi connectivity index (χ1) is 14.9. The maximum Gasteiger partial charge on any atom is 0.223 e. The van der Waals surface area contributed by atoms with Crippen LogP contribution in [0.4, 0.5) is 0 Å². The molecule has 0 bridgehead atoms. The van der Waals surface area contributed by atoms with Crippen LogP contribution < -0.4 is 5.32 Å². The van der Waals surface area contributed by atoms with Gasteiger partial charge in [0.2, 0.25) is 5.91 Å². The molecule has 0 aliphatic heterocycles. The zero-order valence-corrected chi connectivity index (χ0v) is 19.2. The Morgan fingerprint density at radius 3 is 2.48 bits per heavy atom. The van der Waals surface area contributed by atoms with Crippen LogP contribution in [0.5, 0.6) is 0 Å². The molecule has 4 heteroatoms. The van der Waals surface area contributed by atoms with Gasteiger partial charge in [-0.05, 0) is 54.4 Å². The maximum atomic E-state index is 11.7. The van der Waals surface area contributed by atoms with E-state index in [1.54, 1.807) is 0 Å². The minimum absolute atomic E-state index is 0.170. The standard InChI is InChI=1S/C27H35N3O/c1-27(2,3)22-16-12-20(13-17-22)19-30-24-10-7-6-9-23(24)29-25(30)11-5-4-8-18-28-26(31)21-14-15-21/h6-7,9-10,12-13,16-17,21H,4-5,8,11,14-15,18-19H2,1-3H3,(H,28,31). The highest BCUT2D eigenvalue weighted by Crippen LogP contribution is 2.28. The Morgan fingerprint density at radius 1 is 1.03 bits per heavy atom. The van der Waals surface area contributed by atoms with Crippen LogP contribution in [0.1, 0.15) is 69.8 Å². The number of carbonyl (C=O) groups is 1. The molecule has 4 rings (SSSR count). The van der Waals surface area contributed by atoms with E-state index in [0.717, 1.165) is 63.0 Å². The van der Waals surface area contributed by atoms with Crippen molar-refractivity contribution in [1.82, 2.24) is 14.9 Å². The first-order valence-corrected chi connectivity index (χ1v) is 11.7. The van der Waals surface area contributed by atoms with Gasteiger partial charge in [-0.2, -0.15) is 0 Å². The Bertz CT molecular complexity index is 1020. The number of para-hydroxylation sites is 2. The van der Waals surface area contributed by atoms with Crippen LogP contribution >= 0.6 is 0 Å². The Balaban J connectivity index is 1.39. The number of carbonyl (C=O) groups excluding carboxylic acids is 1. The van der Waals surface area contributed by atoms with Crippen molar-refractivity contribution in [3.8, 4) is 0 Å². The molecule has 1 amide bonds. The van der Waals surface area contributed by atoms with E-state index >= 15 is 0 Å². The van der Waals surface area contributed by atoms with E-state index in [9.17, 15) is 4.79 Å². The molecule has 164 valence electrons. The number of imidazole rings is 1. The molecule has 0 spiro atoms. The second-order valence-electron chi connectivity index (χ2n) is 9.93. The first-order valence-electron chi connectivity index (χ1n) is 11.7. The lowest BCUT2D eigenvalue weighted by Gasteiger charge is -2.19. The summed E-state index contributed by atoms with van der Waals surface area (Å²) in [6.07, 6.45) is 6.33. The van der Waals surface area contributed by atoms with Crippen LogP contribution in [0.15, 0.2) is 48.5 Å². The molecule has 1 saturated carbocycles. The van der Waals surface area contributed by atoms with E-state index in [-0.39, 0.29) is 11.3 Å². The number of benzene rings is 2. The predicted molar refractivity (Wildman–Crippen MR) is 127 cm³/mol. The van der Waals surface area contributed by atoms with Gasteiger partial charge in [0.15, 0.2) is 0 Å². The van der Waals surface area contributed by atoms with Crippen LogP contribution in [0.3, 0.4) is 0 Å². The van der Waals surface area contributed by atoms with Crippen LogP contribution in [-0.4, -0.2) is 22.0 Å². The quantitative estimate of drug-likeness (QED) is 0.459. The topological polar surface area (TPSA) is 46.9 Å². The number of aromatic nitrogens is 2. The van der Waals surface area contributed by atoms with Gasteiger partial charge in [0.1, 0.15) is 5.82 Å². The van der Waals surface area contributed by atoms with Crippen LogP contribution in [0.2, 0.25) is 0 Å². The molecule has 1 N–H and O–H groups in total. The number of amides is 1. The van der Waals surface area contributed by atoms with Gasteiger partial charge in [0.05, 0.1) is 11.0 Å². The fraction of sp³-hybridized carbons (Fsp3) is 0.481. The zero-order chi connectivity index (χ0) is 21.8. The highest BCUT2D eigenvalue weighted by Gasteiger charge is 2.28. The molecule has 1 fully saturated rings. The minimum atomic E-state index is 0.170. The summed E-state index contributed by atoms with van der Waals surface area (Å²) in [5.74, 6) is 1.71. The molecule has 0 radical (unpaired) electrons. The van der Waals surface area contributed by atoms with Gasteiger partial charge >= 0.3 is 0 Å². The number of unbranched alkanes of at least 4 members (excludes halogenated alkanes) is 2. The normalized spacial score (nSPS) is 14.2. The third-order valence-electron chi connectivity index (χ3n) is 6.22. The molecule has 31 heavy (non-hydrogen) atoms. The smallest absolute Gasteiger partial charge is 0.223 e. The molecule has 3 aromatic rings. The van der Waals surface area contributed by atoms with Crippen molar-refractivity contribution in [2.75, 3.05) is 6.54 Å². The maximum absolute atomic E-state index is 11.7. The summed E-state index contributed by atoms with van der Waals surface area (Å²) in [5, 5.41) is 3.06. The molecule has 2 aromatic carbocycles. The van der Waals surface area contributed by atoms with Crippen molar-refractivity contribution in [3.05, 3.63) is 65.5 Å². The molecule has 0 saturated heterocycles. The number of fused-ring (bicyclic) bond motifs is 1. The molecule has 1 heterocycles. The van der Waals surface area contributed by atoms with E-state index in [0.29, 0.717) is 5.92 Å². The lowest BCUT2D eigenvalue weighted by atomic mass is 9.87. The van der Waals surface area contributed by atoms with E-state index in [1.165, 1.54) is 16.6 Å². The molecule has 1 aliphatic rings. The van der Waals surface area contributed by atoms with Crippen molar-refractivity contribution in [2.24, 2.45) is 5.92 Å². The average molecular weight is 418 g/mol. The van der Waals surface area contributed by atoms with E-state index in [4.69, 9.17) is 4.98 Å². The lowest BCUT2D eigenvalue weighted by Crippen LogP contribution is -2.25. The fourth-order valence-electron chi connectivity index (χ4n) is 4.07. The fourth-order valence-corrected chi connectivity index (χ4v) is 4.07. The molecule has 1 aromatic heterocycles. The molecular formula is C27H35N3O. The van der Waals surface area contributed by atoms with E-state index in [1.807, 2.05) is 0 Å². The van der Waals surface area contributed by atoms with Gasteiger partial charge in [-0.25, -0.2) is 4.98 Å². The average Bonchev–Trinajstić information content (AvgIpc) is 3.54. The van der Waals surface area contributed by atoms with Crippen LogP contribution in [0, 0.1) is 5.92 Å². The Labute approximate surface area is 186 Å². The van der Waals surface area contributed by atoms with Crippen molar-refractivity contribution < 1.29 is 4.79 Å². The summed E-state index contributed by atoms with van der Waals surface area (Å²) in [7, 11) is 0. The van der Waals surface area contributed by atoms with Gasteiger partial charge in [0, 0.05) is 25.4 Å². The number of nitrogens with one attached hydrogen (secondary N) is 1. The number of rotatable bonds is 9. The van der Waals surface area contributed by atoms with Crippen LogP contribution in [0.25, 0.3) is 11.0 Å². The summed E-state index contributed by atoms with van der Waals surface area (Å²) in [6.45, 7) is 8.40. The van der Waals surface area contributed by atoms with Gasteiger partial charge < -0.3 is 9.88 Å². The molecular weight excluding hydrogens is 382 g/mol. The molecule has 1 aliphatic carbocycles. The summed E-state index contributed by atoms with van der Waals surface area (Å²) < 4.78 is 2.37. The van der Waals surface area contributed by atoms with Crippen molar-refractivity contribution in [3.63, 3.8) is 0 Å². The minimum Gasteiger partial charge on any atom is -0.356 e. The largest absolute Gasteiger partial charge is 0.356 e. The Kier molecular flexibility index (Phi) is 6.45. The summed E-state index contributed by atoms with van der Waals surface area (Å²) in [4.78, 5) is 16.7. The van der Waals surface area contributed by atoms with E-state index in [2.05, 4.69) is 79.2 Å². The second-order valence-corrected chi connectivity index (χ2v) is 9.93. The predicted octanol–water partition coefficient (Wildman–Crippen LogP) is 5.62. The summed E-state index contributed by atoms with van der Waals surface area (Å²) in [6, 6.07) is 17.4. The SMILES string of the molecule is CC(C)(C)c1ccc(Cn2c(CCCCCNC(=O)C3CC3)nc3ccccc32)cc1. The summed E-state index contributed by atoms with van der Waals surface area (Å²) >= 11 is 0. The summed E-state index contributed by atoms with van der Waals surface area (Å²) in [5.41, 5.74) is 5.11. The third kappa shape index (κ3) is 5.55. The van der Waals surface area contributed by atoms with Gasteiger partial charge in [-0.15, -0.1) is 0 Å². The van der Waals surface area contributed by atoms with Crippen molar-refractivity contribution >= 4 is 16.9 Å². The molecule has 4 nitrogen and oxygen atoms in total. The highest BCUT2D eigenvalue weighted by atomic mass is 16.2. The highest BCUT2D eigenvalue weighted by molar-refractivity contribution is 5.80. The van der Waals surface area contributed by atoms with Crippen molar-refractivity contribution in [2.45, 2.75) is 71.3 Å². The van der Waals surface area contributed by atoms with Gasteiger partial charge in [-0.1, -0.05) is 63.6 Å². The monoisotopic (exact) mass is 417 g/mol. The zero-order valence-electron chi connectivity index (χ0n) is 19.2. The number of hydrogen-bond acceptors (Lipinski definition) is 2. The second kappa shape index (κ2) is 9.25. The van der Waals surface area contributed by atoms with E-state index < -0.39 is 0 Å². The number of nitrogens with zero attached hydrogens (tertiary/aromatic N) is 2. The van der Waals surface area contributed by atoms with Crippen molar-refractivity contribution in [1.29, 1.82) is 0 Å². The van der Waals surface area contributed by atoms with Crippen LogP contribution in [-0.2, 0) is 23.2 Å². The molecule has 0 atom stereocenters. The number of aryl methyl sites for hydroxylation is 1. The number of hydrogen-bond donors (Lipinski definition) is 1. The first kappa shape index (κ1) is 21.6. The van der Waals surface area contributed by atoms with Gasteiger partial charge in [0.25, 0.3) is 0 Å². The third-order valence-corrected chi connectivity index (χ3v) is 6.22. The molecule has 0 unspecified atom stereocenters. The van der Waals surface area contributed by atoms with Gasteiger partial charge in [-0.3, -0.25) is 4.79 Å². The Hall–Kier alpha value is -2.62.